The molecule has 1 amide bonds. The van der Waals surface area contributed by atoms with Crippen molar-refractivity contribution < 1.29 is 31.9 Å². The molecular formula is C15H12F3NO4. The Morgan fingerprint density at radius 2 is 1.91 bits per heavy atom. The highest BCUT2D eigenvalue weighted by atomic mass is 19.4. The largest absolute Gasteiger partial charge is 0.469 e. The lowest BCUT2D eigenvalue weighted by Gasteiger charge is -2.13. The van der Waals surface area contributed by atoms with Gasteiger partial charge >= 0.3 is 12.1 Å². The Labute approximate surface area is 129 Å². The fraction of sp³-hybridized carbons (Fsp3) is 0.200. The monoisotopic (exact) mass is 327 g/mol. The number of hydrogen-bond acceptors (Lipinski definition) is 4. The van der Waals surface area contributed by atoms with Crippen LogP contribution in [0.2, 0.25) is 0 Å². The van der Waals surface area contributed by atoms with E-state index in [1.165, 1.54) is 31.4 Å². The number of ether oxygens (including phenoxy) is 1. The van der Waals surface area contributed by atoms with Crippen LogP contribution in [0.15, 0.2) is 41.0 Å². The molecule has 122 valence electrons. The highest BCUT2D eigenvalue weighted by Gasteiger charge is 2.33. The zero-order valence-corrected chi connectivity index (χ0v) is 11.9. The Hall–Kier alpha value is -2.77. The number of anilines is 1. The number of nitrogens with one attached hydrogen (secondary N) is 1. The lowest BCUT2D eigenvalue weighted by atomic mass is 10.1. The summed E-state index contributed by atoms with van der Waals surface area (Å²) in [5.74, 6) is -1.36. The van der Waals surface area contributed by atoms with Gasteiger partial charge in [0.05, 0.1) is 17.5 Å². The second-order valence-electron chi connectivity index (χ2n) is 4.56. The Bertz CT molecular complexity index is 722. The van der Waals surface area contributed by atoms with Crippen LogP contribution in [-0.4, -0.2) is 18.5 Å². The first-order valence-electron chi connectivity index (χ1n) is 6.46. The molecule has 0 saturated carbocycles. The van der Waals surface area contributed by atoms with Crippen LogP contribution < -0.4 is 5.32 Å². The molecule has 1 aromatic carbocycles. The Kier molecular flexibility index (Phi) is 4.73. The topological polar surface area (TPSA) is 68.5 Å². The third-order valence-electron chi connectivity index (χ3n) is 2.92. The molecule has 2 rings (SSSR count). The third kappa shape index (κ3) is 4.12. The predicted octanol–water partition coefficient (Wildman–Crippen LogP) is 3.40. The van der Waals surface area contributed by atoms with Crippen molar-refractivity contribution in [3.05, 3.63) is 53.5 Å². The number of halogens is 3. The standard InChI is InChI=1S/C15H12F3NO4/c1-9-10(6-7-22-9)14(21)23-8-13(20)19-12-5-3-2-4-11(12)15(16,17)18/h2-7H,8H2,1H3,(H,19,20). The van der Waals surface area contributed by atoms with E-state index in [1.807, 2.05) is 0 Å². The zero-order chi connectivity index (χ0) is 17.0. The molecule has 8 heteroatoms. The maximum absolute atomic E-state index is 12.8. The minimum absolute atomic E-state index is 0.147. The Morgan fingerprint density at radius 1 is 1.22 bits per heavy atom. The van der Waals surface area contributed by atoms with Gasteiger partial charge in [-0.2, -0.15) is 13.2 Å². The van der Waals surface area contributed by atoms with Crippen LogP contribution in [0.3, 0.4) is 0 Å². The van der Waals surface area contributed by atoms with E-state index in [2.05, 4.69) is 5.32 Å². The molecule has 0 bridgehead atoms. The van der Waals surface area contributed by atoms with Crippen molar-refractivity contribution in [1.29, 1.82) is 0 Å². The molecule has 0 aliphatic rings. The van der Waals surface area contributed by atoms with Crippen molar-refractivity contribution in [2.45, 2.75) is 13.1 Å². The first-order valence-corrected chi connectivity index (χ1v) is 6.46. The molecule has 0 fully saturated rings. The molecule has 0 radical (unpaired) electrons. The van der Waals surface area contributed by atoms with E-state index in [9.17, 15) is 22.8 Å². The van der Waals surface area contributed by atoms with Crippen LogP contribution in [-0.2, 0) is 15.7 Å². The maximum Gasteiger partial charge on any atom is 0.418 e. The maximum atomic E-state index is 12.8. The minimum atomic E-state index is -4.60. The fourth-order valence-corrected chi connectivity index (χ4v) is 1.83. The van der Waals surface area contributed by atoms with E-state index in [-0.39, 0.29) is 5.56 Å². The summed E-state index contributed by atoms with van der Waals surface area (Å²) in [7, 11) is 0. The number of rotatable bonds is 4. The van der Waals surface area contributed by atoms with Gasteiger partial charge in [0.2, 0.25) is 0 Å². The van der Waals surface area contributed by atoms with Crippen molar-refractivity contribution in [3.63, 3.8) is 0 Å². The lowest BCUT2D eigenvalue weighted by Crippen LogP contribution is -2.22. The van der Waals surface area contributed by atoms with Gasteiger partial charge in [-0.3, -0.25) is 4.79 Å². The zero-order valence-electron chi connectivity index (χ0n) is 11.9. The average Bonchev–Trinajstić information content (AvgIpc) is 2.90. The number of para-hydroxylation sites is 1. The van der Waals surface area contributed by atoms with Crippen LogP contribution in [0.4, 0.5) is 18.9 Å². The normalized spacial score (nSPS) is 11.1. The Balaban J connectivity index is 1.99. The predicted molar refractivity (Wildman–Crippen MR) is 73.8 cm³/mol. The van der Waals surface area contributed by atoms with Crippen LogP contribution in [0.5, 0.6) is 0 Å². The van der Waals surface area contributed by atoms with Crippen LogP contribution >= 0.6 is 0 Å². The van der Waals surface area contributed by atoms with Crippen LogP contribution in [0.25, 0.3) is 0 Å². The van der Waals surface area contributed by atoms with Crippen molar-refractivity contribution in [3.8, 4) is 0 Å². The van der Waals surface area contributed by atoms with E-state index in [0.717, 1.165) is 12.1 Å². The number of aryl methyl sites for hydroxylation is 1. The number of amides is 1. The number of esters is 1. The number of benzene rings is 1. The van der Waals surface area contributed by atoms with Gasteiger partial charge in [-0.15, -0.1) is 0 Å². The second kappa shape index (κ2) is 6.55. The molecule has 1 N–H and O–H groups in total. The van der Waals surface area contributed by atoms with E-state index in [1.54, 1.807) is 0 Å². The first kappa shape index (κ1) is 16.6. The average molecular weight is 327 g/mol. The number of alkyl halides is 3. The van der Waals surface area contributed by atoms with E-state index in [4.69, 9.17) is 9.15 Å². The van der Waals surface area contributed by atoms with Gasteiger partial charge in [0, 0.05) is 0 Å². The summed E-state index contributed by atoms with van der Waals surface area (Å²) in [6.45, 7) is 0.825. The van der Waals surface area contributed by atoms with E-state index < -0.39 is 35.9 Å². The molecule has 1 heterocycles. The van der Waals surface area contributed by atoms with Crippen molar-refractivity contribution in [2.75, 3.05) is 11.9 Å². The summed E-state index contributed by atoms with van der Waals surface area (Å²) in [5, 5.41) is 2.07. The van der Waals surface area contributed by atoms with Crippen LogP contribution in [0, 0.1) is 6.92 Å². The van der Waals surface area contributed by atoms with Gasteiger partial charge in [-0.25, -0.2) is 4.79 Å². The summed E-state index contributed by atoms with van der Waals surface area (Å²) >= 11 is 0. The summed E-state index contributed by atoms with van der Waals surface area (Å²) in [5.41, 5.74) is -1.24. The van der Waals surface area contributed by atoms with Gasteiger partial charge in [0.15, 0.2) is 6.61 Å². The molecule has 5 nitrogen and oxygen atoms in total. The second-order valence-corrected chi connectivity index (χ2v) is 4.56. The van der Waals surface area contributed by atoms with Gasteiger partial charge in [-0.1, -0.05) is 12.1 Å². The number of hydrogen-bond donors (Lipinski definition) is 1. The number of furan rings is 1. The quantitative estimate of drug-likeness (QED) is 0.874. The van der Waals surface area contributed by atoms with Gasteiger partial charge < -0.3 is 14.5 Å². The van der Waals surface area contributed by atoms with E-state index >= 15 is 0 Å². The van der Waals surface area contributed by atoms with Gasteiger partial charge in [0.25, 0.3) is 5.91 Å². The van der Waals surface area contributed by atoms with Crippen molar-refractivity contribution >= 4 is 17.6 Å². The highest BCUT2D eigenvalue weighted by Crippen LogP contribution is 2.34. The van der Waals surface area contributed by atoms with E-state index in [0.29, 0.717) is 5.76 Å². The molecule has 0 aliphatic heterocycles. The smallest absolute Gasteiger partial charge is 0.418 e. The van der Waals surface area contributed by atoms with Crippen molar-refractivity contribution in [1.82, 2.24) is 0 Å². The molecule has 0 atom stereocenters. The van der Waals surface area contributed by atoms with Gasteiger partial charge in [0.1, 0.15) is 11.3 Å². The van der Waals surface area contributed by atoms with Crippen molar-refractivity contribution in [2.24, 2.45) is 0 Å². The van der Waals surface area contributed by atoms with Crippen LogP contribution in [0.1, 0.15) is 21.7 Å². The first-order chi connectivity index (χ1) is 10.8. The molecule has 23 heavy (non-hydrogen) atoms. The molecule has 0 saturated heterocycles. The minimum Gasteiger partial charge on any atom is -0.469 e. The molecular weight excluding hydrogens is 315 g/mol. The summed E-state index contributed by atoms with van der Waals surface area (Å²) in [6, 6.07) is 5.89. The number of carbonyl (C=O) groups excluding carboxylic acids is 2. The van der Waals surface area contributed by atoms with Gasteiger partial charge in [-0.05, 0) is 25.1 Å². The molecule has 2 aromatic rings. The summed E-state index contributed by atoms with van der Waals surface area (Å²) < 4.78 is 48.0. The Morgan fingerprint density at radius 3 is 2.52 bits per heavy atom. The summed E-state index contributed by atoms with van der Waals surface area (Å²) in [4.78, 5) is 23.3. The number of carbonyl (C=O) groups is 2. The SMILES string of the molecule is Cc1occc1C(=O)OCC(=O)Nc1ccccc1C(F)(F)F. The molecule has 0 spiro atoms. The fourth-order valence-electron chi connectivity index (χ4n) is 1.83. The molecule has 0 unspecified atom stereocenters. The summed E-state index contributed by atoms with van der Waals surface area (Å²) in [6.07, 6.45) is -3.32. The lowest BCUT2D eigenvalue weighted by molar-refractivity contribution is -0.137. The molecule has 1 aromatic heterocycles. The third-order valence-corrected chi connectivity index (χ3v) is 2.92. The highest BCUT2D eigenvalue weighted by molar-refractivity contribution is 5.96. The molecule has 0 aliphatic carbocycles.